The van der Waals surface area contributed by atoms with Gasteiger partial charge in [-0.2, -0.15) is 0 Å². The molecule has 0 amide bonds. The number of rotatable bonds is 7. The van der Waals surface area contributed by atoms with Crippen molar-refractivity contribution in [2.75, 3.05) is 18.9 Å². The van der Waals surface area contributed by atoms with Crippen molar-refractivity contribution in [3.63, 3.8) is 0 Å². The van der Waals surface area contributed by atoms with Crippen molar-refractivity contribution >= 4 is 11.6 Å². The fraction of sp³-hybridized carbons (Fsp3) is 0.353. The van der Waals surface area contributed by atoms with Gasteiger partial charge in [-0.15, -0.1) is 0 Å². The summed E-state index contributed by atoms with van der Waals surface area (Å²) >= 11 is 0. The molecule has 194 valence electrons. The lowest BCUT2D eigenvalue weighted by Gasteiger charge is -2.31. The van der Waals surface area contributed by atoms with E-state index in [0.29, 0.717) is 11.9 Å². The molecular formula is C34H38N4. The lowest BCUT2D eigenvalue weighted by molar-refractivity contribution is 0.194. The highest BCUT2D eigenvalue weighted by Crippen LogP contribution is 2.42. The van der Waals surface area contributed by atoms with Crippen molar-refractivity contribution < 1.29 is 0 Å². The fourth-order valence-electron chi connectivity index (χ4n) is 6.19. The second-order valence-electron chi connectivity index (χ2n) is 11.2. The van der Waals surface area contributed by atoms with E-state index in [1.165, 1.54) is 65.5 Å². The zero-order valence-electron chi connectivity index (χ0n) is 22.7. The summed E-state index contributed by atoms with van der Waals surface area (Å²) in [5.41, 5.74) is 9.84. The topological polar surface area (TPSA) is 41.1 Å². The molecule has 38 heavy (non-hydrogen) atoms. The van der Waals surface area contributed by atoms with Gasteiger partial charge in [0.2, 0.25) is 5.95 Å². The Morgan fingerprint density at radius 1 is 0.895 bits per heavy atom. The summed E-state index contributed by atoms with van der Waals surface area (Å²) in [4.78, 5) is 12.3. The van der Waals surface area contributed by atoms with Crippen LogP contribution in [0.5, 0.6) is 0 Å². The van der Waals surface area contributed by atoms with Crippen LogP contribution in [0.15, 0.2) is 79.0 Å². The molecule has 0 radical (unpaired) electrons. The Kier molecular flexibility index (Phi) is 7.24. The van der Waals surface area contributed by atoms with Gasteiger partial charge in [0.25, 0.3) is 0 Å². The van der Waals surface area contributed by atoms with Crippen LogP contribution in [-0.4, -0.2) is 34.5 Å². The maximum absolute atomic E-state index is 5.00. The molecule has 1 N–H and O–H groups in total. The molecule has 2 aliphatic rings. The van der Waals surface area contributed by atoms with E-state index in [4.69, 9.17) is 9.97 Å². The Morgan fingerprint density at radius 2 is 1.66 bits per heavy atom. The molecule has 3 aromatic carbocycles. The van der Waals surface area contributed by atoms with Crippen LogP contribution in [0.1, 0.15) is 65.8 Å². The molecule has 1 saturated carbocycles. The summed E-state index contributed by atoms with van der Waals surface area (Å²) < 4.78 is 0. The van der Waals surface area contributed by atoms with Gasteiger partial charge >= 0.3 is 0 Å². The van der Waals surface area contributed by atoms with Crippen LogP contribution in [0.3, 0.4) is 0 Å². The van der Waals surface area contributed by atoms with Gasteiger partial charge in [-0.1, -0.05) is 85.5 Å². The van der Waals surface area contributed by atoms with Crippen LogP contribution in [0, 0.1) is 6.92 Å². The minimum Gasteiger partial charge on any atom is -0.324 e. The van der Waals surface area contributed by atoms with Crippen LogP contribution in [0.2, 0.25) is 0 Å². The Hall–Kier alpha value is -3.50. The molecule has 0 spiro atoms. The van der Waals surface area contributed by atoms with E-state index in [1.807, 2.05) is 6.20 Å². The second kappa shape index (κ2) is 11.1. The third kappa shape index (κ3) is 5.37. The van der Waals surface area contributed by atoms with Crippen molar-refractivity contribution in [2.45, 2.75) is 63.8 Å². The minimum absolute atomic E-state index is 0.325. The van der Waals surface area contributed by atoms with Crippen LogP contribution >= 0.6 is 0 Å². The fourth-order valence-corrected chi connectivity index (χ4v) is 6.19. The predicted molar refractivity (Wildman–Crippen MR) is 157 cm³/mol. The first-order valence-corrected chi connectivity index (χ1v) is 14.2. The number of nitrogens with one attached hydrogen (secondary N) is 1. The van der Waals surface area contributed by atoms with Crippen molar-refractivity contribution in [1.82, 2.24) is 14.9 Å². The molecule has 1 heterocycles. The molecule has 6 rings (SSSR count). The zero-order valence-corrected chi connectivity index (χ0v) is 22.7. The van der Waals surface area contributed by atoms with Crippen molar-refractivity contribution in [3.05, 3.63) is 107 Å². The third-order valence-corrected chi connectivity index (χ3v) is 8.52. The number of hydrogen-bond acceptors (Lipinski definition) is 4. The summed E-state index contributed by atoms with van der Waals surface area (Å²) in [6, 6.07) is 27.2. The Balaban J connectivity index is 1.15. The Morgan fingerprint density at radius 3 is 2.45 bits per heavy atom. The van der Waals surface area contributed by atoms with Crippen molar-refractivity contribution in [3.8, 4) is 11.3 Å². The van der Waals surface area contributed by atoms with Gasteiger partial charge in [0.05, 0.1) is 5.69 Å². The van der Waals surface area contributed by atoms with Crippen molar-refractivity contribution in [2.24, 2.45) is 0 Å². The SMILES string of the molecule is Cc1ccc(C2Cc3cnc(Nc4ccc(CCN(C)C5CCCCC5)cc4)nc3-c3ccccc32)cc1. The maximum atomic E-state index is 5.00. The Bertz CT molecular complexity index is 1370. The summed E-state index contributed by atoms with van der Waals surface area (Å²) in [6.07, 6.45) is 10.9. The average Bonchev–Trinajstić information content (AvgIpc) is 2.97. The summed E-state index contributed by atoms with van der Waals surface area (Å²) in [6.45, 7) is 3.26. The molecule has 1 unspecified atom stereocenters. The Labute approximate surface area is 227 Å². The van der Waals surface area contributed by atoms with Gasteiger partial charge in [0, 0.05) is 36.0 Å². The van der Waals surface area contributed by atoms with Gasteiger partial charge in [-0.3, -0.25) is 0 Å². The number of hydrogen-bond donors (Lipinski definition) is 1. The predicted octanol–water partition coefficient (Wildman–Crippen LogP) is 7.69. The van der Waals surface area contributed by atoms with E-state index in [1.54, 1.807) is 0 Å². The monoisotopic (exact) mass is 502 g/mol. The first-order chi connectivity index (χ1) is 18.6. The van der Waals surface area contributed by atoms with Gasteiger partial charge in [0.1, 0.15) is 0 Å². The molecule has 2 aliphatic carbocycles. The molecule has 4 aromatic rings. The van der Waals surface area contributed by atoms with Crippen LogP contribution in [-0.2, 0) is 12.8 Å². The standard InChI is InChI=1S/C34H38N4/c1-24-12-16-26(17-13-24)32-22-27-23-35-34(37-33(27)31-11-7-6-10-30(31)32)36-28-18-14-25(15-19-28)20-21-38(2)29-8-4-3-5-9-29/h6-7,10-19,23,29,32H,3-5,8-9,20-22H2,1-2H3,(H,35,36,37). The molecule has 4 nitrogen and oxygen atoms in total. The van der Waals surface area contributed by atoms with E-state index >= 15 is 0 Å². The first kappa shape index (κ1) is 24.8. The highest BCUT2D eigenvalue weighted by molar-refractivity contribution is 5.73. The van der Waals surface area contributed by atoms with Crippen molar-refractivity contribution in [1.29, 1.82) is 0 Å². The average molecular weight is 503 g/mol. The first-order valence-electron chi connectivity index (χ1n) is 14.2. The number of aryl methyl sites for hydroxylation is 1. The summed E-state index contributed by atoms with van der Waals surface area (Å²) in [7, 11) is 2.29. The minimum atomic E-state index is 0.325. The highest BCUT2D eigenvalue weighted by atomic mass is 15.1. The number of anilines is 2. The molecule has 1 aromatic heterocycles. The van der Waals surface area contributed by atoms with Gasteiger partial charge in [0.15, 0.2) is 0 Å². The largest absolute Gasteiger partial charge is 0.324 e. The van der Waals surface area contributed by atoms with E-state index in [2.05, 4.69) is 97.0 Å². The quantitative estimate of drug-likeness (QED) is 0.281. The molecule has 0 saturated heterocycles. The van der Waals surface area contributed by atoms with Gasteiger partial charge in [-0.25, -0.2) is 9.97 Å². The molecular weight excluding hydrogens is 464 g/mol. The van der Waals surface area contributed by atoms with E-state index in [-0.39, 0.29) is 0 Å². The number of benzene rings is 3. The van der Waals surface area contributed by atoms with Crippen LogP contribution in [0.4, 0.5) is 11.6 Å². The number of fused-ring (bicyclic) bond motifs is 3. The summed E-state index contributed by atoms with van der Waals surface area (Å²) in [5.74, 6) is 0.975. The third-order valence-electron chi connectivity index (χ3n) is 8.52. The number of aromatic nitrogens is 2. The zero-order chi connectivity index (χ0) is 25.9. The lowest BCUT2D eigenvalue weighted by Crippen LogP contribution is -2.34. The van der Waals surface area contributed by atoms with Crippen LogP contribution < -0.4 is 5.32 Å². The molecule has 4 heteroatoms. The maximum Gasteiger partial charge on any atom is 0.227 e. The molecule has 1 atom stereocenters. The lowest BCUT2D eigenvalue weighted by atomic mass is 9.78. The van der Waals surface area contributed by atoms with Gasteiger partial charge < -0.3 is 10.2 Å². The number of nitrogens with zero attached hydrogens (tertiary/aromatic N) is 3. The van der Waals surface area contributed by atoms with E-state index < -0.39 is 0 Å². The second-order valence-corrected chi connectivity index (χ2v) is 11.2. The molecule has 0 aliphatic heterocycles. The smallest absolute Gasteiger partial charge is 0.227 e. The van der Waals surface area contributed by atoms with E-state index in [9.17, 15) is 0 Å². The normalized spacial score (nSPS) is 17.2. The van der Waals surface area contributed by atoms with E-state index in [0.717, 1.165) is 36.8 Å². The highest BCUT2D eigenvalue weighted by Gasteiger charge is 2.27. The summed E-state index contributed by atoms with van der Waals surface area (Å²) in [5, 5.41) is 3.45. The number of likely N-dealkylation sites (N-methyl/N-ethyl adjacent to an activating group) is 1. The molecule has 1 fully saturated rings. The van der Waals surface area contributed by atoms with Crippen LogP contribution in [0.25, 0.3) is 11.3 Å². The van der Waals surface area contributed by atoms with Gasteiger partial charge in [-0.05, 0) is 74.0 Å². The molecule has 0 bridgehead atoms.